The highest BCUT2D eigenvalue weighted by molar-refractivity contribution is 6.76. The van der Waals surface area contributed by atoms with Crippen molar-refractivity contribution in [3.05, 3.63) is 0 Å². The molecule has 0 saturated heterocycles. The minimum absolute atomic E-state index is 0.798. The quantitative estimate of drug-likeness (QED) is 0.371. The van der Waals surface area contributed by atoms with Crippen LogP contribution in [0.4, 0.5) is 0 Å². The number of hydrogen-bond donors (Lipinski definition) is 0. The second kappa shape index (κ2) is 8.34. The summed E-state index contributed by atoms with van der Waals surface area (Å²) in [5.41, 5.74) is 0. The molecule has 0 amide bonds. The molecule has 0 aromatic heterocycles. The Labute approximate surface area is 115 Å². The maximum Gasteiger partial charge on any atom is 0.0989 e. The van der Waals surface area contributed by atoms with E-state index in [9.17, 15) is 0 Å². The standard InChI is InChI=1S/C15H33NOSi/c1-5-6-12-17-13-16(14-18(2,3)4)15-10-8-7-9-11-15/h15H,5-14H2,1-4H3. The van der Waals surface area contributed by atoms with Gasteiger partial charge < -0.3 is 4.74 Å². The fourth-order valence-electron chi connectivity index (χ4n) is 2.76. The zero-order valence-electron chi connectivity index (χ0n) is 13.0. The lowest BCUT2D eigenvalue weighted by Gasteiger charge is -2.37. The summed E-state index contributed by atoms with van der Waals surface area (Å²) in [7, 11) is -1.03. The Bertz CT molecular complexity index is 209. The second-order valence-electron chi connectivity index (χ2n) is 6.99. The lowest BCUT2D eigenvalue weighted by Crippen LogP contribution is -2.47. The van der Waals surface area contributed by atoms with Crippen LogP contribution in [0.5, 0.6) is 0 Å². The maximum atomic E-state index is 5.88. The van der Waals surface area contributed by atoms with Crippen molar-refractivity contribution in [2.75, 3.05) is 19.5 Å². The van der Waals surface area contributed by atoms with Gasteiger partial charge in [-0.1, -0.05) is 52.2 Å². The molecule has 0 aromatic carbocycles. The van der Waals surface area contributed by atoms with E-state index in [1.54, 1.807) is 0 Å². The van der Waals surface area contributed by atoms with Gasteiger partial charge in [0.15, 0.2) is 0 Å². The molecule has 2 nitrogen and oxygen atoms in total. The molecule has 0 atom stereocenters. The van der Waals surface area contributed by atoms with E-state index >= 15 is 0 Å². The van der Waals surface area contributed by atoms with Crippen molar-refractivity contribution in [2.45, 2.75) is 77.6 Å². The van der Waals surface area contributed by atoms with Crippen molar-refractivity contribution in [1.82, 2.24) is 4.90 Å². The lowest BCUT2D eigenvalue weighted by molar-refractivity contribution is 0.00450. The van der Waals surface area contributed by atoms with Gasteiger partial charge in [-0.15, -0.1) is 0 Å². The molecular formula is C15H33NOSi. The first-order valence-electron chi connectivity index (χ1n) is 7.85. The van der Waals surface area contributed by atoms with Crippen LogP contribution in [0.2, 0.25) is 19.6 Å². The molecule has 1 aliphatic carbocycles. The number of unbranched alkanes of at least 4 members (excludes halogenated alkanes) is 1. The van der Waals surface area contributed by atoms with Gasteiger partial charge in [-0.25, -0.2) is 0 Å². The summed E-state index contributed by atoms with van der Waals surface area (Å²) in [5.74, 6) is 0. The van der Waals surface area contributed by atoms with Crippen LogP contribution in [0.1, 0.15) is 51.9 Å². The van der Waals surface area contributed by atoms with Gasteiger partial charge in [-0.05, 0) is 25.4 Å². The smallest absolute Gasteiger partial charge is 0.0989 e. The van der Waals surface area contributed by atoms with Crippen LogP contribution in [0.25, 0.3) is 0 Å². The molecule has 3 heteroatoms. The number of ether oxygens (including phenoxy) is 1. The van der Waals surface area contributed by atoms with Crippen molar-refractivity contribution in [1.29, 1.82) is 0 Å². The van der Waals surface area contributed by atoms with Crippen molar-refractivity contribution >= 4 is 8.07 Å². The summed E-state index contributed by atoms with van der Waals surface area (Å²) in [5, 5.41) is 0. The molecule has 18 heavy (non-hydrogen) atoms. The van der Waals surface area contributed by atoms with E-state index in [4.69, 9.17) is 4.74 Å². The molecule has 1 rings (SSSR count). The van der Waals surface area contributed by atoms with Crippen molar-refractivity contribution in [2.24, 2.45) is 0 Å². The predicted octanol–water partition coefficient (Wildman–Crippen LogP) is 4.27. The van der Waals surface area contributed by atoms with E-state index in [1.807, 2.05) is 0 Å². The summed E-state index contributed by atoms with van der Waals surface area (Å²) in [6, 6.07) is 0.798. The summed E-state index contributed by atoms with van der Waals surface area (Å²) in [6.07, 6.45) is 10.8. The molecule has 1 fully saturated rings. The highest BCUT2D eigenvalue weighted by Crippen LogP contribution is 2.23. The Balaban J connectivity index is 2.40. The second-order valence-corrected chi connectivity index (χ2v) is 12.4. The summed E-state index contributed by atoms with van der Waals surface area (Å²) >= 11 is 0. The zero-order valence-corrected chi connectivity index (χ0v) is 14.0. The third kappa shape index (κ3) is 6.91. The van der Waals surface area contributed by atoms with Crippen molar-refractivity contribution in [3.63, 3.8) is 0 Å². The SMILES string of the molecule is CCCCOCN(C[Si](C)(C)C)C1CCCCC1. The molecule has 0 unspecified atom stereocenters. The van der Waals surface area contributed by atoms with Gasteiger partial charge in [-0.2, -0.15) is 0 Å². The molecule has 0 N–H and O–H groups in total. The number of nitrogens with zero attached hydrogens (tertiary/aromatic N) is 1. The van der Waals surface area contributed by atoms with Crippen LogP contribution in [-0.2, 0) is 4.74 Å². The topological polar surface area (TPSA) is 12.5 Å². The normalized spacial score (nSPS) is 18.5. The van der Waals surface area contributed by atoms with Crippen LogP contribution in [0.3, 0.4) is 0 Å². The minimum atomic E-state index is -1.03. The largest absolute Gasteiger partial charge is 0.366 e. The lowest BCUT2D eigenvalue weighted by atomic mass is 9.95. The van der Waals surface area contributed by atoms with E-state index in [0.717, 1.165) is 19.4 Å². The van der Waals surface area contributed by atoms with Crippen LogP contribution < -0.4 is 0 Å². The highest BCUT2D eigenvalue weighted by Gasteiger charge is 2.26. The average molecular weight is 272 g/mol. The van der Waals surface area contributed by atoms with Crippen molar-refractivity contribution < 1.29 is 4.74 Å². The Hall–Kier alpha value is 0.137. The Kier molecular flexibility index (Phi) is 7.50. The first-order valence-corrected chi connectivity index (χ1v) is 11.6. The first-order chi connectivity index (χ1) is 8.53. The van der Waals surface area contributed by atoms with Crippen LogP contribution >= 0.6 is 0 Å². The van der Waals surface area contributed by atoms with E-state index in [1.165, 1.54) is 51.1 Å². The van der Waals surface area contributed by atoms with Crippen LogP contribution in [0.15, 0.2) is 0 Å². The number of rotatable bonds is 8. The fourth-order valence-corrected chi connectivity index (χ4v) is 4.33. The van der Waals surface area contributed by atoms with Gasteiger partial charge in [0.1, 0.15) is 0 Å². The first kappa shape index (κ1) is 16.2. The monoisotopic (exact) mass is 271 g/mol. The molecule has 0 aromatic rings. The van der Waals surface area contributed by atoms with Crippen LogP contribution in [0, 0.1) is 0 Å². The summed E-state index contributed by atoms with van der Waals surface area (Å²) in [4.78, 5) is 2.65. The molecule has 0 bridgehead atoms. The maximum absolute atomic E-state index is 5.88. The van der Waals surface area contributed by atoms with Gasteiger partial charge >= 0.3 is 0 Å². The molecule has 0 radical (unpaired) electrons. The van der Waals surface area contributed by atoms with E-state index in [0.29, 0.717) is 0 Å². The molecular weight excluding hydrogens is 238 g/mol. The Morgan fingerprint density at radius 3 is 2.33 bits per heavy atom. The Morgan fingerprint density at radius 1 is 1.11 bits per heavy atom. The van der Waals surface area contributed by atoms with Crippen molar-refractivity contribution in [3.8, 4) is 0 Å². The molecule has 0 aliphatic heterocycles. The highest BCUT2D eigenvalue weighted by atomic mass is 28.3. The molecule has 1 saturated carbocycles. The van der Waals surface area contributed by atoms with E-state index < -0.39 is 8.07 Å². The minimum Gasteiger partial charge on any atom is -0.366 e. The Morgan fingerprint density at radius 2 is 1.78 bits per heavy atom. The molecule has 1 aliphatic rings. The van der Waals surface area contributed by atoms with E-state index in [2.05, 4.69) is 31.5 Å². The molecule has 108 valence electrons. The third-order valence-electron chi connectivity index (χ3n) is 3.67. The predicted molar refractivity (Wildman–Crippen MR) is 82.7 cm³/mol. The third-order valence-corrected chi connectivity index (χ3v) is 5.02. The van der Waals surface area contributed by atoms with Gasteiger partial charge in [0.2, 0.25) is 0 Å². The summed E-state index contributed by atoms with van der Waals surface area (Å²) in [6.45, 7) is 11.4. The van der Waals surface area contributed by atoms with Gasteiger partial charge in [0.25, 0.3) is 0 Å². The van der Waals surface area contributed by atoms with Gasteiger partial charge in [0, 0.05) is 12.6 Å². The zero-order chi connectivity index (χ0) is 13.4. The summed E-state index contributed by atoms with van der Waals surface area (Å²) < 4.78 is 5.88. The number of hydrogen-bond acceptors (Lipinski definition) is 2. The average Bonchev–Trinajstić information content (AvgIpc) is 2.33. The van der Waals surface area contributed by atoms with E-state index in [-0.39, 0.29) is 0 Å². The van der Waals surface area contributed by atoms with Gasteiger partial charge in [-0.3, -0.25) is 4.90 Å². The van der Waals surface area contributed by atoms with Gasteiger partial charge in [0.05, 0.1) is 14.8 Å². The molecule has 0 spiro atoms. The fraction of sp³-hybridized carbons (Fsp3) is 1.00. The molecule has 0 heterocycles. The van der Waals surface area contributed by atoms with Crippen LogP contribution in [-0.4, -0.2) is 38.5 Å².